The Hall–Kier alpha value is -4.20. The van der Waals surface area contributed by atoms with Crippen LogP contribution in [0.1, 0.15) is 40.9 Å². The SMILES string of the molecule is COc1ccc(CNC(=O)c2cc(C(C)(C)NC(=O)OCc3ccccc3)cc(O)c2O)cc1. The Kier molecular flexibility index (Phi) is 7.63. The largest absolute Gasteiger partial charge is 0.504 e. The zero-order chi connectivity index (χ0) is 24.7. The molecule has 0 aliphatic heterocycles. The fraction of sp³-hybridized carbons (Fsp3) is 0.231. The summed E-state index contributed by atoms with van der Waals surface area (Å²) in [6, 6.07) is 19.1. The lowest BCUT2D eigenvalue weighted by atomic mass is 9.92. The van der Waals surface area contributed by atoms with Gasteiger partial charge in [0, 0.05) is 6.54 Å². The predicted octanol–water partition coefficient (Wildman–Crippen LogP) is 4.20. The number of alkyl carbamates (subject to hydrolysis) is 1. The van der Waals surface area contributed by atoms with E-state index < -0.39 is 29.0 Å². The first-order valence-electron chi connectivity index (χ1n) is 10.7. The van der Waals surface area contributed by atoms with E-state index in [2.05, 4.69) is 10.6 Å². The van der Waals surface area contributed by atoms with Crippen LogP contribution in [0.2, 0.25) is 0 Å². The molecule has 0 atom stereocenters. The number of rotatable bonds is 8. The molecule has 0 unspecified atom stereocenters. The minimum absolute atomic E-state index is 0.0998. The molecule has 2 amide bonds. The monoisotopic (exact) mass is 464 g/mol. The van der Waals surface area contributed by atoms with Gasteiger partial charge in [-0.25, -0.2) is 4.79 Å². The molecule has 0 aliphatic rings. The molecule has 8 nitrogen and oxygen atoms in total. The van der Waals surface area contributed by atoms with Crippen molar-refractivity contribution in [2.24, 2.45) is 0 Å². The van der Waals surface area contributed by atoms with E-state index in [1.165, 1.54) is 12.1 Å². The van der Waals surface area contributed by atoms with E-state index in [-0.39, 0.29) is 18.7 Å². The van der Waals surface area contributed by atoms with Crippen molar-refractivity contribution in [2.45, 2.75) is 32.5 Å². The Labute approximate surface area is 198 Å². The lowest BCUT2D eigenvalue weighted by molar-refractivity contribution is 0.0947. The van der Waals surface area contributed by atoms with E-state index in [9.17, 15) is 19.8 Å². The fourth-order valence-corrected chi connectivity index (χ4v) is 3.26. The van der Waals surface area contributed by atoms with Crippen molar-refractivity contribution in [3.05, 3.63) is 89.0 Å². The third-order valence-electron chi connectivity index (χ3n) is 5.30. The van der Waals surface area contributed by atoms with E-state index in [1.54, 1.807) is 45.2 Å². The van der Waals surface area contributed by atoms with Gasteiger partial charge < -0.3 is 30.3 Å². The molecule has 3 rings (SSSR count). The number of methoxy groups -OCH3 is 1. The Morgan fingerprint density at radius 3 is 2.26 bits per heavy atom. The molecule has 0 aromatic heterocycles. The molecule has 178 valence electrons. The van der Waals surface area contributed by atoms with Crippen molar-refractivity contribution in [3.63, 3.8) is 0 Å². The summed E-state index contributed by atoms with van der Waals surface area (Å²) in [5.41, 5.74) is 0.958. The summed E-state index contributed by atoms with van der Waals surface area (Å²) in [5, 5.41) is 26.0. The molecule has 0 saturated heterocycles. The number of hydrogen-bond donors (Lipinski definition) is 4. The van der Waals surface area contributed by atoms with Gasteiger partial charge in [0.1, 0.15) is 12.4 Å². The third-order valence-corrected chi connectivity index (χ3v) is 5.30. The third kappa shape index (κ3) is 6.19. The zero-order valence-corrected chi connectivity index (χ0v) is 19.3. The van der Waals surface area contributed by atoms with Crippen molar-refractivity contribution in [3.8, 4) is 17.2 Å². The van der Waals surface area contributed by atoms with E-state index >= 15 is 0 Å². The van der Waals surface area contributed by atoms with Crippen molar-refractivity contribution >= 4 is 12.0 Å². The predicted molar refractivity (Wildman–Crippen MR) is 127 cm³/mol. The van der Waals surface area contributed by atoms with Crippen LogP contribution >= 0.6 is 0 Å². The van der Waals surface area contributed by atoms with Crippen molar-refractivity contribution < 1.29 is 29.3 Å². The quantitative estimate of drug-likeness (QED) is 0.371. The van der Waals surface area contributed by atoms with Gasteiger partial charge in [0.15, 0.2) is 11.5 Å². The molecular weight excluding hydrogens is 436 g/mol. The Morgan fingerprint density at radius 1 is 0.941 bits per heavy atom. The number of amides is 2. The molecule has 3 aromatic rings. The maximum Gasteiger partial charge on any atom is 0.408 e. The van der Waals surface area contributed by atoms with Gasteiger partial charge in [0.2, 0.25) is 0 Å². The van der Waals surface area contributed by atoms with E-state index in [0.29, 0.717) is 11.3 Å². The highest BCUT2D eigenvalue weighted by molar-refractivity contribution is 5.98. The normalized spacial score (nSPS) is 10.9. The summed E-state index contributed by atoms with van der Waals surface area (Å²) < 4.78 is 10.4. The van der Waals surface area contributed by atoms with Gasteiger partial charge in [-0.15, -0.1) is 0 Å². The van der Waals surface area contributed by atoms with Crippen LogP contribution in [0, 0.1) is 0 Å². The number of ether oxygens (including phenoxy) is 2. The van der Waals surface area contributed by atoms with Gasteiger partial charge in [0.05, 0.1) is 18.2 Å². The van der Waals surface area contributed by atoms with Crippen molar-refractivity contribution in [2.75, 3.05) is 7.11 Å². The molecule has 0 radical (unpaired) electrons. The first kappa shape index (κ1) is 24.4. The van der Waals surface area contributed by atoms with Crippen LogP contribution in [0.3, 0.4) is 0 Å². The van der Waals surface area contributed by atoms with Crippen LogP contribution in [0.15, 0.2) is 66.7 Å². The molecule has 4 N–H and O–H groups in total. The minimum atomic E-state index is -1.01. The standard InChI is InChI=1S/C26H28N2O6/c1-26(2,28-25(32)34-16-18-7-5-4-6-8-18)19-13-21(23(30)22(29)14-19)24(31)27-15-17-9-11-20(33-3)12-10-17/h4-14,29-30H,15-16H2,1-3H3,(H,27,31)(H,28,32). The summed E-state index contributed by atoms with van der Waals surface area (Å²) in [6.45, 7) is 3.70. The minimum Gasteiger partial charge on any atom is -0.504 e. The van der Waals surface area contributed by atoms with Crippen molar-refractivity contribution in [1.82, 2.24) is 10.6 Å². The van der Waals surface area contributed by atoms with Crippen LogP contribution in [0.4, 0.5) is 4.79 Å². The topological polar surface area (TPSA) is 117 Å². The molecule has 34 heavy (non-hydrogen) atoms. The van der Waals surface area contributed by atoms with Gasteiger partial charge in [-0.3, -0.25) is 4.79 Å². The van der Waals surface area contributed by atoms with Gasteiger partial charge in [-0.2, -0.15) is 0 Å². The Bertz CT molecular complexity index is 1140. The summed E-state index contributed by atoms with van der Waals surface area (Å²) in [7, 11) is 1.57. The molecular formula is C26H28N2O6. The number of phenols is 2. The smallest absolute Gasteiger partial charge is 0.408 e. The number of nitrogens with one attached hydrogen (secondary N) is 2. The summed E-state index contributed by atoms with van der Waals surface area (Å²) >= 11 is 0. The number of carbonyl (C=O) groups excluding carboxylic acids is 2. The molecule has 0 spiro atoms. The lowest BCUT2D eigenvalue weighted by Gasteiger charge is -2.27. The lowest BCUT2D eigenvalue weighted by Crippen LogP contribution is -2.41. The van der Waals surface area contributed by atoms with Crippen LogP contribution in [0.5, 0.6) is 17.2 Å². The van der Waals surface area contributed by atoms with Gasteiger partial charge in [0.25, 0.3) is 5.91 Å². The average molecular weight is 465 g/mol. The second-order valence-electron chi connectivity index (χ2n) is 8.23. The zero-order valence-electron chi connectivity index (χ0n) is 19.3. The van der Waals surface area contributed by atoms with E-state index in [4.69, 9.17) is 9.47 Å². The second-order valence-corrected chi connectivity index (χ2v) is 8.23. The number of aromatic hydroxyl groups is 2. The van der Waals surface area contributed by atoms with Crippen molar-refractivity contribution in [1.29, 1.82) is 0 Å². The highest BCUT2D eigenvalue weighted by Crippen LogP contribution is 2.34. The molecule has 0 fully saturated rings. The molecule has 0 saturated carbocycles. The van der Waals surface area contributed by atoms with Crippen LogP contribution in [0.25, 0.3) is 0 Å². The first-order valence-corrected chi connectivity index (χ1v) is 10.7. The van der Waals surface area contributed by atoms with Crippen LogP contribution < -0.4 is 15.4 Å². The average Bonchev–Trinajstić information content (AvgIpc) is 2.83. The highest BCUT2D eigenvalue weighted by atomic mass is 16.5. The van der Waals surface area contributed by atoms with Gasteiger partial charge in [-0.05, 0) is 54.8 Å². The summed E-state index contributed by atoms with van der Waals surface area (Å²) in [4.78, 5) is 25.1. The summed E-state index contributed by atoms with van der Waals surface area (Å²) in [5.74, 6) is -0.895. The fourth-order valence-electron chi connectivity index (χ4n) is 3.26. The van der Waals surface area contributed by atoms with E-state index in [1.807, 2.05) is 30.3 Å². The molecule has 0 bridgehead atoms. The summed E-state index contributed by atoms with van der Waals surface area (Å²) in [6.07, 6.45) is -0.660. The maximum atomic E-state index is 12.8. The molecule has 0 aliphatic carbocycles. The number of benzene rings is 3. The molecule has 8 heteroatoms. The van der Waals surface area contributed by atoms with Crippen LogP contribution in [-0.4, -0.2) is 29.3 Å². The molecule has 3 aromatic carbocycles. The molecule has 0 heterocycles. The second kappa shape index (κ2) is 10.6. The number of phenolic OH excluding ortho intramolecular Hbond substituents is 2. The number of hydrogen-bond acceptors (Lipinski definition) is 6. The Balaban J connectivity index is 1.69. The Morgan fingerprint density at radius 2 is 1.62 bits per heavy atom. The first-order chi connectivity index (χ1) is 16.2. The number of carbonyl (C=O) groups is 2. The van der Waals surface area contributed by atoms with Crippen LogP contribution in [-0.2, 0) is 23.4 Å². The van der Waals surface area contributed by atoms with Gasteiger partial charge in [-0.1, -0.05) is 42.5 Å². The van der Waals surface area contributed by atoms with E-state index in [0.717, 1.165) is 11.1 Å². The highest BCUT2D eigenvalue weighted by Gasteiger charge is 2.27. The maximum absolute atomic E-state index is 12.8. The van der Waals surface area contributed by atoms with Gasteiger partial charge >= 0.3 is 6.09 Å².